The van der Waals surface area contributed by atoms with E-state index in [1.807, 2.05) is 0 Å². The van der Waals surface area contributed by atoms with Crippen molar-refractivity contribution in [2.24, 2.45) is 0 Å². The van der Waals surface area contributed by atoms with Crippen molar-refractivity contribution in [1.29, 1.82) is 0 Å². The van der Waals surface area contributed by atoms with Crippen LogP contribution in [0, 0.1) is 5.82 Å². The van der Waals surface area contributed by atoms with Crippen molar-refractivity contribution < 1.29 is 18.3 Å². The van der Waals surface area contributed by atoms with Crippen molar-refractivity contribution in [3.63, 3.8) is 0 Å². The summed E-state index contributed by atoms with van der Waals surface area (Å²) < 4.78 is 24.4. The Hall–Kier alpha value is -3.09. The molecule has 0 saturated heterocycles. The molecule has 3 aromatic rings. The summed E-state index contributed by atoms with van der Waals surface area (Å²) in [6, 6.07) is 9.68. The number of nitrogens with zero attached hydrogens (tertiary/aromatic N) is 2. The number of H-pyrrole nitrogens is 1. The van der Waals surface area contributed by atoms with Crippen LogP contribution in [0.15, 0.2) is 40.8 Å². The van der Waals surface area contributed by atoms with Crippen LogP contribution in [0.5, 0.6) is 5.95 Å². The minimum atomic E-state index is -0.337. The fraction of sp³-hybridized carbons (Fsp3) is 0.222. The predicted molar refractivity (Wildman–Crippen MR) is 87.7 cm³/mol. The molecular formula is C18H16FN3O3. The summed E-state index contributed by atoms with van der Waals surface area (Å²) in [5.74, 6) is -0.0571. The van der Waals surface area contributed by atoms with Crippen LogP contribution in [-0.4, -0.2) is 34.7 Å². The number of fused-ring (bicyclic) bond motifs is 1. The lowest BCUT2D eigenvalue weighted by molar-refractivity contribution is 0.0696. The molecule has 0 saturated carbocycles. The fourth-order valence-corrected chi connectivity index (χ4v) is 3.05. The van der Waals surface area contributed by atoms with Gasteiger partial charge in [-0.3, -0.25) is 9.89 Å². The quantitative estimate of drug-likeness (QED) is 0.795. The molecule has 2 aromatic heterocycles. The number of halogens is 1. The maximum Gasteiger partial charge on any atom is 0.290 e. The van der Waals surface area contributed by atoms with Gasteiger partial charge in [-0.15, -0.1) is 0 Å². The van der Waals surface area contributed by atoms with E-state index in [0.717, 1.165) is 11.3 Å². The average molecular weight is 341 g/mol. The first-order chi connectivity index (χ1) is 12.2. The second-order valence-electron chi connectivity index (χ2n) is 5.81. The maximum absolute atomic E-state index is 14.1. The van der Waals surface area contributed by atoms with Crippen LogP contribution in [0.3, 0.4) is 0 Å². The lowest BCUT2D eigenvalue weighted by atomic mass is 10.0. The molecule has 1 aromatic carbocycles. The fourth-order valence-electron chi connectivity index (χ4n) is 3.05. The Balaban J connectivity index is 1.64. The molecule has 1 aliphatic rings. The molecule has 25 heavy (non-hydrogen) atoms. The van der Waals surface area contributed by atoms with Crippen molar-refractivity contribution in [2.75, 3.05) is 13.7 Å². The highest BCUT2D eigenvalue weighted by Gasteiger charge is 2.28. The number of amides is 1. The average Bonchev–Trinajstić information content (AvgIpc) is 3.28. The van der Waals surface area contributed by atoms with Gasteiger partial charge in [0.2, 0.25) is 0 Å². The zero-order valence-electron chi connectivity index (χ0n) is 13.6. The second-order valence-corrected chi connectivity index (χ2v) is 5.81. The summed E-state index contributed by atoms with van der Waals surface area (Å²) in [7, 11) is 1.48. The number of benzene rings is 1. The van der Waals surface area contributed by atoms with E-state index < -0.39 is 0 Å². The SMILES string of the molecule is COc1ccc(C(=O)N2CCc3[nH]nc(-c4ccccc4F)c3C2)o1. The van der Waals surface area contributed by atoms with Crippen molar-refractivity contribution in [3.8, 4) is 17.2 Å². The van der Waals surface area contributed by atoms with E-state index in [4.69, 9.17) is 9.15 Å². The third-order valence-electron chi connectivity index (χ3n) is 4.34. The number of carbonyl (C=O) groups is 1. The smallest absolute Gasteiger partial charge is 0.290 e. The van der Waals surface area contributed by atoms with Gasteiger partial charge >= 0.3 is 0 Å². The molecule has 6 nitrogen and oxygen atoms in total. The highest BCUT2D eigenvalue weighted by Crippen LogP contribution is 2.30. The number of hydrogen-bond acceptors (Lipinski definition) is 4. The minimum absolute atomic E-state index is 0.219. The van der Waals surface area contributed by atoms with Gasteiger partial charge in [0.15, 0.2) is 5.76 Å². The van der Waals surface area contributed by atoms with Gasteiger partial charge in [-0.1, -0.05) is 12.1 Å². The molecule has 1 aliphatic heterocycles. The number of ether oxygens (including phenoxy) is 1. The first kappa shape index (κ1) is 15.4. The lowest BCUT2D eigenvalue weighted by Gasteiger charge is -2.26. The van der Waals surface area contributed by atoms with Crippen LogP contribution in [0.2, 0.25) is 0 Å². The second kappa shape index (κ2) is 6.08. The topological polar surface area (TPSA) is 71.4 Å². The molecule has 0 spiro atoms. The van der Waals surface area contributed by atoms with Crippen molar-refractivity contribution in [3.05, 3.63) is 59.2 Å². The highest BCUT2D eigenvalue weighted by molar-refractivity contribution is 5.92. The first-order valence-corrected chi connectivity index (χ1v) is 7.91. The van der Waals surface area contributed by atoms with Crippen LogP contribution in [0.1, 0.15) is 21.8 Å². The summed E-state index contributed by atoms with van der Waals surface area (Å²) in [5.41, 5.74) is 2.74. The first-order valence-electron chi connectivity index (χ1n) is 7.91. The number of carbonyl (C=O) groups excluding carboxylic acids is 1. The van der Waals surface area contributed by atoms with Gasteiger partial charge < -0.3 is 14.1 Å². The van der Waals surface area contributed by atoms with Gasteiger partial charge in [0.05, 0.1) is 13.7 Å². The summed E-state index contributed by atoms with van der Waals surface area (Å²) in [5, 5.41) is 7.23. The number of aromatic nitrogens is 2. The number of nitrogens with one attached hydrogen (secondary N) is 1. The monoisotopic (exact) mass is 341 g/mol. The minimum Gasteiger partial charge on any atom is -0.468 e. The summed E-state index contributed by atoms with van der Waals surface area (Å²) in [4.78, 5) is 14.3. The highest BCUT2D eigenvalue weighted by atomic mass is 19.1. The molecular weight excluding hydrogens is 325 g/mol. The molecule has 0 atom stereocenters. The number of aromatic amines is 1. The van der Waals surface area contributed by atoms with Crippen LogP contribution in [-0.2, 0) is 13.0 Å². The van der Waals surface area contributed by atoms with Crippen molar-refractivity contribution in [1.82, 2.24) is 15.1 Å². The van der Waals surface area contributed by atoms with Gasteiger partial charge in [-0.05, 0) is 18.2 Å². The Labute approximate surface area is 143 Å². The summed E-state index contributed by atoms with van der Waals surface area (Å²) in [6.07, 6.45) is 0.625. The normalized spacial score (nSPS) is 13.6. The number of rotatable bonds is 3. The molecule has 128 valence electrons. The van der Waals surface area contributed by atoms with E-state index in [1.165, 1.54) is 13.2 Å². The lowest BCUT2D eigenvalue weighted by Crippen LogP contribution is -2.35. The Morgan fingerprint density at radius 1 is 1.32 bits per heavy atom. The molecule has 0 unspecified atom stereocenters. The summed E-state index contributed by atoms with van der Waals surface area (Å²) >= 11 is 0. The van der Waals surface area contributed by atoms with Crippen LogP contribution in [0.4, 0.5) is 4.39 Å². The van der Waals surface area contributed by atoms with Gasteiger partial charge in [0.25, 0.3) is 11.9 Å². The van der Waals surface area contributed by atoms with E-state index in [0.29, 0.717) is 30.8 Å². The maximum atomic E-state index is 14.1. The molecule has 1 amide bonds. The zero-order valence-corrected chi connectivity index (χ0v) is 13.6. The Morgan fingerprint density at radius 2 is 2.16 bits per heavy atom. The standard InChI is InChI=1S/C18H16FN3O3/c1-24-16-7-6-15(25-16)18(23)22-9-8-14-12(10-22)17(21-20-14)11-4-2-3-5-13(11)19/h2-7H,8-10H2,1H3,(H,20,21). The van der Waals surface area contributed by atoms with E-state index in [9.17, 15) is 9.18 Å². The molecule has 3 heterocycles. The van der Waals surface area contributed by atoms with Crippen LogP contribution >= 0.6 is 0 Å². The molecule has 0 aliphatic carbocycles. The molecule has 4 rings (SSSR count). The van der Waals surface area contributed by atoms with E-state index >= 15 is 0 Å². The Kier molecular flexibility index (Phi) is 3.76. The van der Waals surface area contributed by atoms with Gasteiger partial charge in [0, 0.05) is 35.9 Å². The van der Waals surface area contributed by atoms with Gasteiger partial charge in [0.1, 0.15) is 11.5 Å². The van der Waals surface area contributed by atoms with E-state index in [2.05, 4.69) is 10.2 Å². The van der Waals surface area contributed by atoms with Crippen LogP contribution < -0.4 is 4.74 Å². The third-order valence-corrected chi connectivity index (χ3v) is 4.34. The van der Waals surface area contributed by atoms with Gasteiger partial charge in [-0.2, -0.15) is 5.10 Å². The molecule has 0 fully saturated rings. The van der Waals surface area contributed by atoms with Crippen molar-refractivity contribution in [2.45, 2.75) is 13.0 Å². The van der Waals surface area contributed by atoms with E-state index in [-0.39, 0.29) is 23.4 Å². The van der Waals surface area contributed by atoms with E-state index in [1.54, 1.807) is 35.2 Å². The molecule has 1 N–H and O–H groups in total. The van der Waals surface area contributed by atoms with Crippen molar-refractivity contribution >= 4 is 5.91 Å². The predicted octanol–water partition coefficient (Wildman–Crippen LogP) is 3.02. The molecule has 7 heteroatoms. The molecule has 0 radical (unpaired) electrons. The molecule has 0 bridgehead atoms. The number of methoxy groups -OCH3 is 1. The van der Waals surface area contributed by atoms with Crippen LogP contribution in [0.25, 0.3) is 11.3 Å². The third kappa shape index (κ3) is 2.67. The number of hydrogen-bond donors (Lipinski definition) is 1. The van der Waals surface area contributed by atoms with Gasteiger partial charge in [-0.25, -0.2) is 4.39 Å². The Bertz CT molecular complexity index is 931. The number of furan rings is 1. The summed E-state index contributed by atoms with van der Waals surface area (Å²) in [6.45, 7) is 0.880. The largest absolute Gasteiger partial charge is 0.468 e. The Morgan fingerprint density at radius 3 is 2.92 bits per heavy atom. The zero-order chi connectivity index (χ0) is 17.4.